The van der Waals surface area contributed by atoms with Gasteiger partial charge < -0.3 is 10.2 Å². The molecule has 0 heterocycles. The van der Waals surface area contributed by atoms with Crippen molar-refractivity contribution >= 4 is 63.1 Å². The molecule has 5 nitrogen and oxygen atoms in total. The van der Waals surface area contributed by atoms with E-state index in [-0.39, 0.29) is 16.9 Å². The first-order valence-corrected chi connectivity index (χ1v) is 10.2. The molecule has 0 aliphatic carbocycles. The van der Waals surface area contributed by atoms with Gasteiger partial charge >= 0.3 is 0 Å². The van der Waals surface area contributed by atoms with Gasteiger partial charge in [-0.05, 0) is 83.3 Å². The van der Waals surface area contributed by atoms with Crippen LogP contribution in [0.25, 0.3) is 0 Å². The van der Waals surface area contributed by atoms with Crippen LogP contribution in [-0.4, -0.2) is 24.0 Å². The molecule has 3 aromatic carbocycles. The van der Waals surface area contributed by atoms with Crippen molar-refractivity contribution < 1.29 is 9.59 Å². The van der Waals surface area contributed by atoms with Crippen molar-refractivity contribution in [3.8, 4) is 0 Å². The molecular formula is C22H18IN3O2S. The van der Waals surface area contributed by atoms with Crippen molar-refractivity contribution in [3.05, 3.63) is 93.6 Å². The average Bonchev–Trinajstić information content (AvgIpc) is 2.73. The number of nitrogens with zero attached hydrogens (tertiary/aromatic N) is 1. The summed E-state index contributed by atoms with van der Waals surface area (Å²) in [7, 11) is 1.73. The van der Waals surface area contributed by atoms with Crippen LogP contribution in [0.5, 0.6) is 0 Å². The lowest BCUT2D eigenvalue weighted by atomic mass is 10.1. The van der Waals surface area contributed by atoms with Crippen LogP contribution in [0.1, 0.15) is 20.7 Å². The maximum Gasteiger partial charge on any atom is 0.258 e. The minimum atomic E-state index is -0.294. The summed E-state index contributed by atoms with van der Waals surface area (Å²) in [5, 5.41) is 5.77. The summed E-state index contributed by atoms with van der Waals surface area (Å²) < 4.78 is 0.961. The summed E-state index contributed by atoms with van der Waals surface area (Å²) in [6.45, 7) is 0. The van der Waals surface area contributed by atoms with Gasteiger partial charge in [-0.3, -0.25) is 14.9 Å². The second-order valence-electron chi connectivity index (χ2n) is 6.20. The van der Waals surface area contributed by atoms with Gasteiger partial charge in [-0.15, -0.1) is 0 Å². The molecule has 2 N–H and O–H groups in total. The lowest BCUT2D eigenvalue weighted by molar-refractivity contribution is 0.0974. The maximum absolute atomic E-state index is 12.8. The van der Waals surface area contributed by atoms with E-state index in [2.05, 4.69) is 33.2 Å². The fourth-order valence-corrected chi connectivity index (χ4v) is 3.41. The maximum atomic E-state index is 12.8. The normalized spacial score (nSPS) is 10.1. The van der Waals surface area contributed by atoms with Crippen LogP contribution < -0.4 is 15.5 Å². The van der Waals surface area contributed by atoms with Crippen molar-refractivity contribution in [2.24, 2.45) is 0 Å². The first kappa shape index (κ1) is 20.9. The number of thiocarbonyl (C=S) groups is 1. The van der Waals surface area contributed by atoms with Crippen molar-refractivity contribution in [3.63, 3.8) is 0 Å². The van der Waals surface area contributed by atoms with Gasteiger partial charge in [-0.25, -0.2) is 0 Å². The number of hydrogen-bond acceptors (Lipinski definition) is 3. The Morgan fingerprint density at radius 3 is 2.31 bits per heavy atom. The van der Waals surface area contributed by atoms with E-state index < -0.39 is 0 Å². The summed E-state index contributed by atoms with van der Waals surface area (Å²) in [5.74, 6) is -0.439. The molecule has 0 atom stereocenters. The molecule has 3 rings (SSSR count). The third-order valence-electron chi connectivity index (χ3n) is 4.13. The van der Waals surface area contributed by atoms with Crippen molar-refractivity contribution in [2.45, 2.75) is 0 Å². The molecule has 7 heteroatoms. The fourth-order valence-electron chi connectivity index (χ4n) is 2.66. The van der Waals surface area contributed by atoms with Crippen molar-refractivity contribution in [2.75, 3.05) is 17.3 Å². The Morgan fingerprint density at radius 2 is 1.59 bits per heavy atom. The minimum Gasteiger partial charge on any atom is -0.332 e. The number of halogens is 1. The lowest BCUT2D eigenvalue weighted by Crippen LogP contribution is -2.34. The van der Waals surface area contributed by atoms with Gasteiger partial charge in [0.2, 0.25) is 0 Å². The first-order valence-electron chi connectivity index (χ1n) is 8.75. The second kappa shape index (κ2) is 9.62. The molecule has 3 aromatic rings. The summed E-state index contributed by atoms with van der Waals surface area (Å²) in [5.41, 5.74) is 2.45. The van der Waals surface area contributed by atoms with E-state index in [1.165, 1.54) is 0 Å². The molecule has 0 aliphatic rings. The standard InChI is InChI=1S/C22H18IN3O2S/c1-26(19-11-3-2-4-12-19)21(28)16-8-6-10-18(14-16)24-22(29)25-20(27)15-7-5-9-17(23)13-15/h2-14H,1H3,(H2,24,25,27,29). The Balaban J connectivity index is 1.67. The Hall–Kier alpha value is -2.78. The third kappa shape index (κ3) is 5.61. The number of para-hydroxylation sites is 1. The Morgan fingerprint density at radius 1 is 0.897 bits per heavy atom. The van der Waals surface area contributed by atoms with Crippen molar-refractivity contribution in [1.82, 2.24) is 5.32 Å². The number of anilines is 2. The zero-order chi connectivity index (χ0) is 20.8. The highest BCUT2D eigenvalue weighted by Gasteiger charge is 2.14. The van der Waals surface area contributed by atoms with Gasteiger partial charge in [0, 0.05) is 33.1 Å². The number of carbonyl (C=O) groups is 2. The number of benzene rings is 3. The predicted molar refractivity (Wildman–Crippen MR) is 128 cm³/mol. The van der Waals surface area contributed by atoms with Gasteiger partial charge in [0.25, 0.3) is 11.8 Å². The number of amides is 2. The third-order valence-corrected chi connectivity index (χ3v) is 5.00. The largest absolute Gasteiger partial charge is 0.332 e. The van der Waals surface area contributed by atoms with Gasteiger partial charge in [-0.2, -0.15) is 0 Å². The van der Waals surface area contributed by atoms with Crippen LogP contribution in [0.4, 0.5) is 11.4 Å². The molecule has 29 heavy (non-hydrogen) atoms. The molecule has 0 saturated heterocycles. The smallest absolute Gasteiger partial charge is 0.258 e. The van der Waals surface area contributed by atoms with Crippen LogP contribution >= 0.6 is 34.8 Å². The molecule has 0 bridgehead atoms. The summed E-state index contributed by atoms with van der Waals surface area (Å²) in [4.78, 5) is 26.7. The number of rotatable bonds is 4. The molecule has 0 fully saturated rings. The number of nitrogens with one attached hydrogen (secondary N) is 2. The van der Waals surface area contributed by atoms with Gasteiger partial charge in [-0.1, -0.05) is 30.3 Å². The minimum absolute atomic E-state index is 0.145. The number of carbonyl (C=O) groups excluding carboxylic acids is 2. The van der Waals surface area contributed by atoms with E-state index in [0.29, 0.717) is 16.8 Å². The molecule has 0 saturated carbocycles. The van der Waals surface area contributed by atoms with Crippen LogP contribution in [0, 0.1) is 3.57 Å². The molecular weight excluding hydrogens is 497 g/mol. The molecule has 0 unspecified atom stereocenters. The molecule has 0 radical (unpaired) electrons. The molecule has 0 aliphatic heterocycles. The lowest BCUT2D eigenvalue weighted by Gasteiger charge is -2.18. The number of hydrogen-bond donors (Lipinski definition) is 2. The highest BCUT2D eigenvalue weighted by Crippen LogP contribution is 2.17. The van der Waals surface area contributed by atoms with E-state index >= 15 is 0 Å². The quantitative estimate of drug-likeness (QED) is 0.391. The van der Waals surface area contributed by atoms with E-state index in [1.807, 2.05) is 42.5 Å². The van der Waals surface area contributed by atoms with Gasteiger partial charge in [0.1, 0.15) is 0 Å². The highest BCUT2D eigenvalue weighted by molar-refractivity contribution is 14.1. The van der Waals surface area contributed by atoms with E-state index in [4.69, 9.17) is 12.2 Å². The van der Waals surface area contributed by atoms with E-state index in [1.54, 1.807) is 48.3 Å². The van der Waals surface area contributed by atoms with Crippen LogP contribution in [0.3, 0.4) is 0 Å². The fraction of sp³-hybridized carbons (Fsp3) is 0.0455. The summed E-state index contributed by atoms with van der Waals surface area (Å²) >= 11 is 7.39. The summed E-state index contributed by atoms with van der Waals surface area (Å²) in [6, 6.07) is 23.6. The van der Waals surface area contributed by atoms with E-state index in [0.717, 1.165) is 9.26 Å². The molecule has 0 spiro atoms. The Labute approximate surface area is 188 Å². The second-order valence-corrected chi connectivity index (χ2v) is 7.85. The average molecular weight is 515 g/mol. The Kier molecular flexibility index (Phi) is 6.95. The van der Waals surface area contributed by atoms with Crippen molar-refractivity contribution in [1.29, 1.82) is 0 Å². The first-order chi connectivity index (χ1) is 13.9. The zero-order valence-corrected chi connectivity index (χ0v) is 18.5. The highest BCUT2D eigenvalue weighted by atomic mass is 127. The van der Waals surface area contributed by atoms with Gasteiger partial charge in [0.15, 0.2) is 5.11 Å². The molecule has 146 valence electrons. The zero-order valence-electron chi connectivity index (χ0n) is 15.6. The Bertz CT molecular complexity index is 1060. The summed E-state index contributed by atoms with van der Waals surface area (Å²) in [6.07, 6.45) is 0. The van der Waals surface area contributed by atoms with E-state index in [9.17, 15) is 9.59 Å². The monoisotopic (exact) mass is 515 g/mol. The SMILES string of the molecule is CN(C(=O)c1cccc(NC(=S)NC(=O)c2cccc(I)c2)c1)c1ccccc1. The predicted octanol–water partition coefficient (Wildman–Crippen LogP) is 4.69. The van der Waals surface area contributed by atoms with Crippen LogP contribution in [0.2, 0.25) is 0 Å². The topological polar surface area (TPSA) is 61.4 Å². The van der Waals surface area contributed by atoms with Gasteiger partial charge in [0.05, 0.1) is 0 Å². The van der Waals surface area contributed by atoms with Crippen LogP contribution in [0.15, 0.2) is 78.9 Å². The molecule has 2 amide bonds. The van der Waals surface area contributed by atoms with Crippen LogP contribution in [-0.2, 0) is 0 Å². The molecule has 0 aromatic heterocycles.